The van der Waals surface area contributed by atoms with Crippen molar-refractivity contribution in [2.75, 3.05) is 23.6 Å². The highest BCUT2D eigenvalue weighted by atomic mass is 19.1. The molecule has 1 atom stereocenters. The number of benzene rings is 3. The molecule has 6 rings (SSSR count). The van der Waals surface area contributed by atoms with E-state index >= 15 is 4.39 Å². The van der Waals surface area contributed by atoms with Gasteiger partial charge in [-0.15, -0.1) is 0 Å². The quantitative estimate of drug-likeness (QED) is 0.457. The Kier molecular flexibility index (Phi) is 6.25. The number of anilines is 2. The van der Waals surface area contributed by atoms with E-state index in [-0.39, 0.29) is 37.0 Å². The van der Waals surface area contributed by atoms with Gasteiger partial charge >= 0.3 is 0 Å². The zero-order chi connectivity index (χ0) is 27.1. The second kappa shape index (κ2) is 9.76. The first kappa shape index (κ1) is 25.0. The third-order valence-electron chi connectivity index (χ3n) is 7.44. The molecule has 7 nitrogen and oxygen atoms in total. The number of hydrogen-bond donors (Lipinski definition) is 2. The monoisotopic (exact) mass is 527 g/mol. The van der Waals surface area contributed by atoms with Gasteiger partial charge in [-0.25, -0.2) is 4.39 Å². The normalized spacial score (nSPS) is 19.1. The minimum atomic E-state index is -0.766. The van der Waals surface area contributed by atoms with E-state index in [1.165, 1.54) is 6.07 Å². The molecule has 0 bridgehead atoms. The van der Waals surface area contributed by atoms with Gasteiger partial charge in [-0.1, -0.05) is 50.2 Å². The van der Waals surface area contributed by atoms with Crippen LogP contribution >= 0.6 is 0 Å². The molecule has 1 aliphatic carbocycles. The molecule has 0 saturated heterocycles. The molecule has 0 spiro atoms. The minimum Gasteiger partial charge on any atom is -0.454 e. The first-order valence-corrected chi connectivity index (χ1v) is 13.1. The Hall–Kier alpha value is -4.33. The van der Waals surface area contributed by atoms with Crippen molar-refractivity contribution in [3.63, 3.8) is 0 Å². The molecule has 8 heteroatoms. The largest absolute Gasteiger partial charge is 0.454 e. The molecular weight excluding hydrogens is 497 g/mol. The SMILES string of the molecule is CC1(C)CC(=O)C2=C(C1)Nc1ccccc1N(CC(=O)NCc1ccc3c(c1)OCO3)C2c1ccccc1F. The summed E-state index contributed by atoms with van der Waals surface area (Å²) in [7, 11) is 0. The minimum absolute atomic E-state index is 0.0411. The fourth-order valence-corrected chi connectivity index (χ4v) is 5.71. The van der Waals surface area contributed by atoms with Gasteiger partial charge in [0.15, 0.2) is 17.3 Å². The number of hydrogen-bond acceptors (Lipinski definition) is 6. The van der Waals surface area contributed by atoms with E-state index in [4.69, 9.17) is 9.47 Å². The smallest absolute Gasteiger partial charge is 0.239 e. The standard InChI is InChI=1S/C31H30FN3O4/c1-31(2)14-23-29(25(36)15-31)30(20-7-3-4-8-21(20)32)35(24-10-6-5-9-22(24)34-23)17-28(37)33-16-19-11-12-26-27(13-19)39-18-38-26/h3-13,30,34H,14-18H2,1-2H3,(H,33,37). The van der Waals surface area contributed by atoms with Crippen molar-refractivity contribution in [1.82, 2.24) is 5.32 Å². The Bertz CT molecular complexity index is 1500. The van der Waals surface area contributed by atoms with Gasteiger partial charge in [0.05, 0.1) is 24.0 Å². The van der Waals surface area contributed by atoms with E-state index in [1.54, 1.807) is 18.2 Å². The third-order valence-corrected chi connectivity index (χ3v) is 7.44. The van der Waals surface area contributed by atoms with Gasteiger partial charge in [-0.3, -0.25) is 9.59 Å². The maximum Gasteiger partial charge on any atom is 0.239 e. The number of ether oxygens (including phenoxy) is 2. The number of para-hydroxylation sites is 2. The van der Waals surface area contributed by atoms with Crippen LogP contribution in [0.3, 0.4) is 0 Å². The van der Waals surface area contributed by atoms with Gasteiger partial charge in [0, 0.05) is 29.8 Å². The summed E-state index contributed by atoms with van der Waals surface area (Å²) in [6, 6.07) is 18.9. The molecule has 0 fully saturated rings. The van der Waals surface area contributed by atoms with Crippen LogP contribution in [0.25, 0.3) is 0 Å². The van der Waals surface area contributed by atoms with Crippen LogP contribution in [0, 0.1) is 11.2 Å². The van der Waals surface area contributed by atoms with Crippen LogP contribution in [0.2, 0.25) is 0 Å². The zero-order valence-electron chi connectivity index (χ0n) is 21.9. The lowest BCUT2D eigenvalue weighted by Gasteiger charge is -2.38. The Labute approximate surface area is 226 Å². The van der Waals surface area contributed by atoms with Gasteiger partial charge in [-0.2, -0.15) is 0 Å². The molecule has 2 heterocycles. The van der Waals surface area contributed by atoms with Gasteiger partial charge in [0.2, 0.25) is 12.7 Å². The number of nitrogens with zero attached hydrogens (tertiary/aromatic N) is 1. The molecule has 3 aromatic carbocycles. The summed E-state index contributed by atoms with van der Waals surface area (Å²) >= 11 is 0. The molecule has 3 aliphatic rings. The predicted octanol–water partition coefficient (Wildman–Crippen LogP) is 5.49. The number of fused-ring (bicyclic) bond motifs is 2. The number of ketones is 1. The number of nitrogens with one attached hydrogen (secondary N) is 2. The second-order valence-electron chi connectivity index (χ2n) is 11.0. The molecule has 200 valence electrons. The van der Waals surface area contributed by atoms with Crippen LogP contribution in [0.1, 0.15) is 43.9 Å². The molecule has 1 unspecified atom stereocenters. The number of carbonyl (C=O) groups is 2. The molecule has 3 aromatic rings. The Morgan fingerprint density at radius 3 is 2.67 bits per heavy atom. The summed E-state index contributed by atoms with van der Waals surface area (Å²) in [6.07, 6.45) is 0.983. The lowest BCUT2D eigenvalue weighted by molar-refractivity contribution is -0.121. The molecule has 0 aromatic heterocycles. The molecular formula is C31H30FN3O4. The zero-order valence-corrected chi connectivity index (χ0v) is 21.9. The Balaban J connectivity index is 1.38. The number of halogens is 1. The first-order valence-electron chi connectivity index (χ1n) is 13.1. The summed E-state index contributed by atoms with van der Waals surface area (Å²) in [5.74, 6) is 0.608. The van der Waals surface area contributed by atoms with Crippen molar-refractivity contribution in [3.8, 4) is 11.5 Å². The van der Waals surface area contributed by atoms with Crippen molar-refractivity contribution >= 4 is 23.1 Å². The van der Waals surface area contributed by atoms with E-state index < -0.39 is 11.9 Å². The van der Waals surface area contributed by atoms with Crippen molar-refractivity contribution in [3.05, 3.63) is 94.9 Å². The summed E-state index contributed by atoms with van der Waals surface area (Å²) in [4.78, 5) is 29.0. The average molecular weight is 528 g/mol. The maximum absolute atomic E-state index is 15.4. The number of carbonyl (C=O) groups excluding carboxylic acids is 2. The molecule has 0 radical (unpaired) electrons. The predicted molar refractivity (Wildman–Crippen MR) is 146 cm³/mol. The maximum atomic E-state index is 15.4. The molecule has 2 aliphatic heterocycles. The highest BCUT2D eigenvalue weighted by Gasteiger charge is 2.42. The van der Waals surface area contributed by atoms with Gasteiger partial charge in [0.25, 0.3) is 0 Å². The van der Waals surface area contributed by atoms with Crippen LogP contribution in [0.4, 0.5) is 15.8 Å². The van der Waals surface area contributed by atoms with Crippen molar-refractivity contribution in [2.24, 2.45) is 5.41 Å². The van der Waals surface area contributed by atoms with Crippen molar-refractivity contribution < 1.29 is 23.5 Å². The van der Waals surface area contributed by atoms with E-state index in [1.807, 2.05) is 47.4 Å². The Morgan fingerprint density at radius 2 is 1.82 bits per heavy atom. The van der Waals surface area contributed by atoms with E-state index in [9.17, 15) is 9.59 Å². The summed E-state index contributed by atoms with van der Waals surface area (Å²) in [6.45, 7) is 4.52. The highest BCUT2D eigenvalue weighted by Crippen LogP contribution is 2.48. The van der Waals surface area contributed by atoms with Crippen molar-refractivity contribution in [2.45, 2.75) is 39.3 Å². The third kappa shape index (κ3) is 4.82. The van der Waals surface area contributed by atoms with E-state index in [2.05, 4.69) is 24.5 Å². The van der Waals surface area contributed by atoms with Crippen LogP contribution in [-0.2, 0) is 16.1 Å². The second-order valence-corrected chi connectivity index (χ2v) is 11.0. The van der Waals surface area contributed by atoms with E-state index in [0.29, 0.717) is 35.5 Å². The first-order chi connectivity index (χ1) is 18.8. The lowest BCUT2D eigenvalue weighted by Crippen LogP contribution is -2.42. The van der Waals surface area contributed by atoms with Gasteiger partial charge in [0.1, 0.15) is 5.82 Å². The highest BCUT2D eigenvalue weighted by molar-refractivity contribution is 6.01. The van der Waals surface area contributed by atoms with Crippen LogP contribution in [0.5, 0.6) is 11.5 Å². The molecule has 2 N–H and O–H groups in total. The molecule has 39 heavy (non-hydrogen) atoms. The van der Waals surface area contributed by atoms with Crippen LogP contribution in [-0.4, -0.2) is 25.0 Å². The average Bonchev–Trinajstić information content (AvgIpc) is 3.32. The lowest BCUT2D eigenvalue weighted by atomic mass is 9.73. The summed E-state index contributed by atoms with van der Waals surface area (Å²) < 4.78 is 26.2. The molecule has 1 amide bonds. The summed E-state index contributed by atoms with van der Waals surface area (Å²) in [5.41, 5.74) is 3.78. The van der Waals surface area contributed by atoms with E-state index in [0.717, 1.165) is 22.6 Å². The van der Waals surface area contributed by atoms with Gasteiger partial charge in [-0.05, 0) is 47.7 Å². The van der Waals surface area contributed by atoms with Gasteiger partial charge < -0.3 is 25.0 Å². The number of allylic oxidation sites excluding steroid dienone is 1. The topological polar surface area (TPSA) is 79.9 Å². The fourth-order valence-electron chi connectivity index (χ4n) is 5.71. The molecule has 0 saturated carbocycles. The number of rotatable bonds is 5. The Morgan fingerprint density at radius 1 is 1.05 bits per heavy atom. The van der Waals surface area contributed by atoms with Crippen molar-refractivity contribution in [1.29, 1.82) is 0 Å². The van der Waals surface area contributed by atoms with Crippen LogP contribution in [0.15, 0.2) is 78.0 Å². The van der Waals surface area contributed by atoms with Crippen LogP contribution < -0.4 is 25.0 Å². The summed E-state index contributed by atoms with van der Waals surface area (Å²) in [5, 5.41) is 6.47. The fraction of sp³-hybridized carbons (Fsp3) is 0.290. The number of amides is 1. The number of Topliss-reactive ketones (excluding diaryl/α,β-unsaturated/α-hetero) is 1.